The van der Waals surface area contributed by atoms with Gasteiger partial charge in [0.05, 0.1) is 0 Å². The molecule has 0 heterocycles. The van der Waals surface area contributed by atoms with Crippen molar-refractivity contribution in [3.05, 3.63) is 30.3 Å². The van der Waals surface area contributed by atoms with Crippen LogP contribution in [0.4, 0.5) is 10.5 Å². The highest BCUT2D eigenvalue weighted by Crippen LogP contribution is 2.27. The minimum absolute atomic E-state index is 0.221. The number of nitrogens with one attached hydrogen (secondary N) is 2. The van der Waals surface area contributed by atoms with Crippen LogP contribution >= 0.6 is 0 Å². The average molecular weight is 242 g/mol. The Morgan fingerprint density at radius 1 is 1.17 bits per heavy atom. The molecule has 0 atom stereocenters. The number of hydrogen-bond acceptors (Lipinski definition) is 1. The van der Waals surface area contributed by atoms with Crippen LogP contribution < -0.4 is 10.6 Å². The highest BCUT2D eigenvalue weighted by molar-refractivity contribution is 5.90. The lowest BCUT2D eigenvalue weighted by atomic mass is 9.82. The molecular weight excluding hydrogens is 224 g/mol. The molecule has 1 fully saturated rings. The number of para-hydroxylation sites is 1. The van der Waals surface area contributed by atoms with E-state index in [1.165, 1.54) is 6.42 Å². The van der Waals surface area contributed by atoms with E-state index in [0.29, 0.717) is 0 Å². The lowest BCUT2D eigenvalue weighted by Crippen LogP contribution is -2.50. The summed E-state index contributed by atoms with van der Waals surface area (Å²) in [5, 5.41) is 5.75. The first-order valence-corrected chi connectivity index (χ1v) is 6.36. The Kier molecular flexibility index (Phi) is 3.88. The van der Waals surface area contributed by atoms with Gasteiger partial charge in [-0.3, -0.25) is 0 Å². The highest BCUT2D eigenvalue weighted by Gasteiger charge is 2.31. The Bertz CT molecular complexity index is 441. The Morgan fingerprint density at radius 2 is 1.83 bits per heavy atom. The number of urea groups is 1. The predicted octanol–water partition coefficient (Wildman–Crippen LogP) is 3.14. The van der Waals surface area contributed by atoms with Crippen LogP contribution in [0.1, 0.15) is 32.1 Å². The van der Waals surface area contributed by atoms with Crippen molar-refractivity contribution in [1.82, 2.24) is 5.32 Å². The van der Waals surface area contributed by atoms with E-state index >= 15 is 0 Å². The van der Waals surface area contributed by atoms with Crippen LogP contribution in [0.5, 0.6) is 0 Å². The lowest BCUT2D eigenvalue weighted by Gasteiger charge is -2.33. The summed E-state index contributed by atoms with van der Waals surface area (Å²) in [7, 11) is 0. The number of benzene rings is 1. The number of amides is 2. The Labute approximate surface area is 108 Å². The Morgan fingerprint density at radius 3 is 2.44 bits per heavy atom. The van der Waals surface area contributed by atoms with Gasteiger partial charge < -0.3 is 10.6 Å². The number of anilines is 1. The van der Waals surface area contributed by atoms with E-state index in [1.54, 1.807) is 0 Å². The van der Waals surface area contributed by atoms with E-state index in [4.69, 9.17) is 6.42 Å². The third-order valence-corrected chi connectivity index (χ3v) is 3.37. The molecule has 94 valence electrons. The van der Waals surface area contributed by atoms with Crippen molar-refractivity contribution in [3.8, 4) is 12.3 Å². The second-order valence-electron chi connectivity index (χ2n) is 4.73. The minimum Gasteiger partial charge on any atom is -0.322 e. The number of rotatable bonds is 2. The van der Waals surface area contributed by atoms with Gasteiger partial charge in [0.25, 0.3) is 0 Å². The number of carbonyl (C=O) groups excluding carboxylic acids is 1. The summed E-state index contributed by atoms with van der Waals surface area (Å²) in [6, 6.07) is 9.15. The fraction of sp³-hybridized carbons (Fsp3) is 0.400. The third kappa shape index (κ3) is 3.04. The van der Waals surface area contributed by atoms with Crippen LogP contribution in [-0.4, -0.2) is 11.6 Å². The first-order chi connectivity index (χ1) is 8.74. The first-order valence-electron chi connectivity index (χ1n) is 6.36. The molecule has 3 nitrogen and oxygen atoms in total. The molecule has 1 aromatic carbocycles. The molecule has 0 aliphatic heterocycles. The lowest BCUT2D eigenvalue weighted by molar-refractivity contribution is 0.234. The van der Waals surface area contributed by atoms with Gasteiger partial charge in [-0.05, 0) is 25.0 Å². The first kappa shape index (κ1) is 12.5. The summed E-state index contributed by atoms with van der Waals surface area (Å²) in [6.45, 7) is 0. The maximum atomic E-state index is 11.9. The molecule has 0 unspecified atom stereocenters. The van der Waals surface area contributed by atoms with E-state index in [-0.39, 0.29) is 6.03 Å². The molecular formula is C15H18N2O. The largest absolute Gasteiger partial charge is 0.322 e. The monoisotopic (exact) mass is 242 g/mol. The van der Waals surface area contributed by atoms with Gasteiger partial charge >= 0.3 is 6.03 Å². The van der Waals surface area contributed by atoms with Gasteiger partial charge in [-0.2, -0.15) is 0 Å². The molecule has 0 aromatic heterocycles. The van der Waals surface area contributed by atoms with Crippen LogP contribution in [0, 0.1) is 12.3 Å². The molecule has 18 heavy (non-hydrogen) atoms. The molecule has 0 saturated heterocycles. The number of terminal acetylenes is 1. The molecule has 0 spiro atoms. The fourth-order valence-corrected chi connectivity index (χ4v) is 2.36. The van der Waals surface area contributed by atoms with Crippen LogP contribution in [0.3, 0.4) is 0 Å². The zero-order valence-corrected chi connectivity index (χ0v) is 10.4. The van der Waals surface area contributed by atoms with Gasteiger partial charge in [0, 0.05) is 5.69 Å². The van der Waals surface area contributed by atoms with Crippen molar-refractivity contribution < 1.29 is 4.79 Å². The van der Waals surface area contributed by atoms with Crippen molar-refractivity contribution >= 4 is 11.7 Å². The summed E-state index contributed by atoms with van der Waals surface area (Å²) in [5.74, 6) is 2.76. The summed E-state index contributed by atoms with van der Waals surface area (Å²) in [5.41, 5.74) is 0.315. The Balaban J connectivity index is 1.96. The van der Waals surface area contributed by atoms with Gasteiger partial charge in [-0.25, -0.2) is 4.79 Å². The zero-order valence-electron chi connectivity index (χ0n) is 10.4. The van der Waals surface area contributed by atoms with Crippen molar-refractivity contribution in [2.45, 2.75) is 37.6 Å². The van der Waals surface area contributed by atoms with Gasteiger partial charge in [-0.1, -0.05) is 43.4 Å². The van der Waals surface area contributed by atoms with E-state index in [1.807, 2.05) is 30.3 Å². The SMILES string of the molecule is C#CC1(NC(=O)Nc2ccccc2)CCCCC1. The van der Waals surface area contributed by atoms with E-state index in [9.17, 15) is 4.79 Å². The smallest absolute Gasteiger partial charge is 0.320 e. The van der Waals surface area contributed by atoms with Crippen LogP contribution in [0.15, 0.2) is 30.3 Å². The van der Waals surface area contributed by atoms with Crippen LogP contribution in [0.25, 0.3) is 0 Å². The van der Waals surface area contributed by atoms with Crippen LogP contribution in [0.2, 0.25) is 0 Å². The van der Waals surface area contributed by atoms with E-state index in [0.717, 1.165) is 31.4 Å². The van der Waals surface area contributed by atoms with Crippen LogP contribution in [-0.2, 0) is 0 Å². The standard InChI is InChI=1S/C15H18N2O/c1-2-15(11-7-4-8-12-15)17-14(18)16-13-9-5-3-6-10-13/h1,3,5-6,9-10H,4,7-8,11-12H2,(H2,16,17,18). The van der Waals surface area contributed by atoms with Gasteiger partial charge in [0.15, 0.2) is 0 Å². The van der Waals surface area contributed by atoms with Crippen molar-refractivity contribution in [1.29, 1.82) is 0 Å². The topological polar surface area (TPSA) is 41.1 Å². The molecule has 1 saturated carbocycles. The zero-order chi connectivity index (χ0) is 12.8. The molecule has 3 heteroatoms. The van der Waals surface area contributed by atoms with Crippen molar-refractivity contribution in [2.75, 3.05) is 5.32 Å². The maximum Gasteiger partial charge on any atom is 0.320 e. The summed E-state index contributed by atoms with van der Waals surface area (Å²) < 4.78 is 0. The van der Waals surface area contributed by atoms with Crippen molar-refractivity contribution in [2.24, 2.45) is 0 Å². The summed E-state index contributed by atoms with van der Waals surface area (Å²) >= 11 is 0. The number of carbonyl (C=O) groups is 1. The quantitative estimate of drug-likeness (QED) is 0.768. The second-order valence-corrected chi connectivity index (χ2v) is 4.73. The highest BCUT2D eigenvalue weighted by atomic mass is 16.2. The molecule has 2 rings (SSSR count). The summed E-state index contributed by atoms with van der Waals surface area (Å²) in [4.78, 5) is 11.9. The van der Waals surface area contributed by atoms with E-state index < -0.39 is 5.54 Å². The normalized spacial score (nSPS) is 17.5. The predicted molar refractivity (Wildman–Crippen MR) is 73.2 cm³/mol. The Hall–Kier alpha value is -1.95. The molecule has 1 aromatic rings. The molecule has 1 aliphatic carbocycles. The fourth-order valence-electron chi connectivity index (χ4n) is 2.36. The minimum atomic E-state index is -0.461. The van der Waals surface area contributed by atoms with Gasteiger partial charge in [-0.15, -0.1) is 6.42 Å². The average Bonchev–Trinajstić information content (AvgIpc) is 2.41. The molecule has 1 aliphatic rings. The molecule has 2 N–H and O–H groups in total. The third-order valence-electron chi connectivity index (χ3n) is 3.37. The molecule has 0 radical (unpaired) electrons. The maximum absolute atomic E-state index is 11.9. The van der Waals surface area contributed by atoms with E-state index in [2.05, 4.69) is 16.6 Å². The van der Waals surface area contributed by atoms with Crippen molar-refractivity contribution in [3.63, 3.8) is 0 Å². The van der Waals surface area contributed by atoms with Gasteiger partial charge in [0.1, 0.15) is 5.54 Å². The molecule has 2 amide bonds. The van der Waals surface area contributed by atoms with Gasteiger partial charge in [0.2, 0.25) is 0 Å². The number of hydrogen-bond donors (Lipinski definition) is 2. The summed E-state index contributed by atoms with van der Waals surface area (Å²) in [6.07, 6.45) is 10.7. The second kappa shape index (κ2) is 5.59. The molecule has 0 bridgehead atoms.